The summed E-state index contributed by atoms with van der Waals surface area (Å²) in [6.07, 6.45) is 6.93. The standard InChI is InChI=1S/C12H26N2/c1-11(2)5-4-9-14(10-8-13)12-6-3-7-12/h11-12H,3-10,13H2,1-2H3. The second-order valence-corrected chi connectivity index (χ2v) is 4.95. The van der Waals surface area contributed by atoms with E-state index in [1.165, 1.54) is 38.6 Å². The van der Waals surface area contributed by atoms with Crippen molar-refractivity contribution >= 4 is 0 Å². The Morgan fingerprint density at radius 2 is 2.00 bits per heavy atom. The summed E-state index contributed by atoms with van der Waals surface area (Å²) in [6, 6.07) is 0.866. The van der Waals surface area contributed by atoms with Crippen LogP contribution in [-0.4, -0.2) is 30.6 Å². The van der Waals surface area contributed by atoms with Gasteiger partial charge in [-0.25, -0.2) is 0 Å². The van der Waals surface area contributed by atoms with Gasteiger partial charge in [-0.2, -0.15) is 0 Å². The molecule has 0 aromatic carbocycles. The average molecular weight is 198 g/mol. The molecule has 2 heteroatoms. The lowest BCUT2D eigenvalue weighted by atomic mass is 9.91. The SMILES string of the molecule is CC(C)CCCN(CCN)C1CCC1. The lowest BCUT2D eigenvalue weighted by Crippen LogP contribution is -2.43. The second-order valence-electron chi connectivity index (χ2n) is 4.95. The first-order valence-corrected chi connectivity index (χ1v) is 6.18. The molecule has 84 valence electrons. The van der Waals surface area contributed by atoms with Crippen LogP contribution in [0.1, 0.15) is 46.0 Å². The molecule has 1 aliphatic rings. The summed E-state index contributed by atoms with van der Waals surface area (Å²) in [4.78, 5) is 2.60. The van der Waals surface area contributed by atoms with E-state index in [0.717, 1.165) is 25.0 Å². The highest BCUT2D eigenvalue weighted by atomic mass is 15.2. The van der Waals surface area contributed by atoms with E-state index in [0.29, 0.717) is 0 Å². The van der Waals surface area contributed by atoms with Crippen LogP contribution in [0.5, 0.6) is 0 Å². The van der Waals surface area contributed by atoms with E-state index in [-0.39, 0.29) is 0 Å². The fourth-order valence-corrected chi connectivity index (χ4v) is 2.10. The van der Waals surface area contributed by atoms with Crippen LogP contribution in [0, 0.1) is 5.92 Å². The van der Waals surface area contributed by atoms with E-state index in [4.69, 9.17) is 5.73 Å². The van der Waals surface area contributed by atoms with Crippen molar-refractivity contribution in [2.45, 2.75) is 52.0 Å². The molecule has 2 N–H and O–H groups in total. The molecular formula is C12H26N2. The molecule has 0 aliphatic heterocycles. The van der Waals surface area contributed by atoms with Gasteiger partial charge in [0, 0.05) is 19.1 Å². The van der Waals surface area contributed by atoms with Crippen LogP contribution in [0.25, 0.3) is 0 Å². The van der Waals surface area contributed by atoms with Crippen molar-refractivity contribution < 1.29 is 0 Å². The third-order valence-electron chi connectivity index (χ3n) is 3.23. The topological polar surface area (TPSA) is 29.3 Å². The Morgan fingerprint density at radius 1 is 1.29 bits per heavy atom. The molecule has 0 aromatic heterocycles. The van der Waals surface area contributed by atoms with E-state index >= 15 is 0 Å². The lowest BCUT2D eigenvalue weighted by Gasteiger charge is -2.37. The van der Waals surface area contributed by atoms with Gasteiger partial charge in [-0.3, -0.25) is 4.90 Å². The summed E-state index contributed by atoms with van der Waals surface area (Å²) in [5, 5.41) is 0. The van der Waals surface area contributed by atoms with Gasteiger partial charge in [-0.1, -0.05) is 20.3 Å². The summed E-state index contributed by atoms with van der Waals surface area (Å²) in [5.41, 5.74) is 5.64. The van der Waals surface area contributed by atoms with Gasteiger partial charge in [0.1, 0.15) is 0 Å². The molecule has 2 nitrogen and oxygen atoms in total. The van der Waals surface area contributed by atoms with Crippen LogP contribution < -0.4 is 5.73 Å². The molecule has 14 heavy (non-hydrogen) atoms. The molecule has 0 bridgehead atoms. The van der Waals surface area contributed by atoms with Crippen LogP contribution in [0.3, 0.4) is 0 Å². The molecule has 1 rings (SSSR count). The van der Waals surface area contributed by atoms with E-state index in [9.17, 15) is 0 Å². The maximum absolute atomic E-state index is 5.64. The monoisotopic (exact) mass is 198 g/mol. The first-order chi connectivity index (χ1) is 6.74. The third-order valence-corrected chi connectivity index (χ3v) is 3.23. The number of rotatable bonds is 7. The summed E-state index contributed by atoms with van der Waals surface area (Å²) < 4.78 is 0. The lowest BCUT2D eigenvalue weighted by molar-refractivity contribution is 0.127. The van der Waals surface area contributed by atoms with E-state index < -0.39 is 0 Å². The zero-order valence-electron chi connectivity index (χ0n) is 9.84. The van der Waals surface area contributed by atoms with Crippen molar-refractivity contribution in [3.05, 3.63) is 0 Å². The van der Waals surface area contributed by atoms with Crippen LogP contribution in [0.15, 0.2) is 0 Å². The molecule has 0 unspecified atom stereocenters. The molecule has 0 spiro atoms. The van der Waals surface area contributed by atoms with E-state index in [2.05, 4.69) is 18.7 Å². The molecule has 0 heterocycles. The molecule has 0 radical (unpaired) electrons. The van der Waals surface area contributed by atoms with Gasteiger partial charge < -0.3 is 5.73 Å². The zero-order chi connectivity index (χ0) is 10.4. The Bertz CT molecular complexity index is 141. The second kappa shape index (κ2) is 6.41. The van der Waals surface area contributed by atoms with Crippen molar-refractivity contribution in [2.24, 2.45) is 11.7 Å². The summed E-state index contributed by atoms with van der Waals surface area (Å²) in [5.74, 6) is 0.844. The first-order valence-electron chi connectivity index (χ1n) is 6.18. The molecule has 0 aromatic rings. The van der Waals surface area contributed by atoms with Gasteiger partial charge in [-0.15, -0.1) is 0 Å². The molecule has 1 fully saturated rings. The van der Waals surface area contributed by atoms with Crippen LogP contribution >= 0.6 is 0 Å². The quantitative estimate of drug-likeness (QED) is 0.680. The minimum absolute atomic E-state index is 0.818. The molecule has 0 saturated heterocycles. The van der Waals surface area contributed by atoms with Crippen molar-refractivity contribution in [2.75, 3.05) is 19.6 Å². The highest BCUT2D eigenvalue weighted by molar-refractivity contribution is 4.80. The summed E-state index contributed by atoms with van der Waals surface area (Å²) in [7, 11) is 0. The Hall–Kier alpha value is -0.0800. The molecular weight excluding hydrogens is 172 g/mol. The number of hydrogen-bond acceptors (Lipinski definition) is 2. The number of nitrogens with zero attached hydrogens (tertiary/aromatic N) is 1. The molecule has 1 saturated carbocycles. The van der Waals surface area contributed by atoms with Crippen molar-refractivity contribution in [3.63, 3.8) is 0 Å². The maximum atomic E-state index is 5.64. The maximum Gasteiger partial charge on any atom is 0.0108 e. The van der Waals surface area contributed by atoms with E-state index in [1.807, 2.05) is 0 Å². The zero-order valence-corrected chi connectivity index (χ0v) is 9.84. The number of nitrogens with two attached hydrogens (primary N) is 1. The Labute approximate surface area is 88.8 Å². The Kier molecular flexibility index (Phi) is 5.49. The smallest absolute Gasteiger partial charge is 0.0108 e. The fraction of sp³-hybridized carbons (Fsp3) is 1.00. The predicted molar refractivity (Wildman–Crippen MR) is 62.3 cm³/mol. The minimum Gasteiger partial charge on any atom is -0.329 e. The van der Waals surface area contributed by atoms with Gasteiger partial charge >= 0.3 is 0 Å². The van der Waals surface area contributed by atoms with Gasteiger partial charge in [0.2, 0.25) is 0 Å². The summed E-state index contributed by atoms with van der Waals surface area (Å²) >= 11 is 0. The van der Waals surface area contributed by atoms with E-state index in [1.54, 1.807) is 0 Å². The van der Waals surface area contributed by atoms with Gasteiger partial charge in [0.25, 0.3) is 0 Å². The van der Waals surface area contributed by atoms with Crippen molar-refractivity contribution in [3.8, 4) is 0 Å². The van der Waals surface area contributed by atoms with Crippen LogP contribution in [-0.2, 0) is 0 Å². The van der Waals surface area contributed by atoms with Gasteiger partial charge in [-0.05, 0) is 38.1 Å². The van der Waals surface area contributed by atoms with Crippen LogP contribution in [0.2, 0.25) is 0 Å². The molecule has 0 amide bonds. The van der Waals surface area contributed by atoms with Crippen LogP contribution in [0.4, 0.5) is 0 Å². The van der Waals surface area contributed by atoms with Gasteiger partial charge in [0.15, 0.2) is 0 Å². The normalized spacial score (nSPS) is 17.8. The Balaban J connectivity index is 2.14. The fourth-order valence-electron chi connectivity index (χ4n) is 2.10. The number of hydrogen-bond donors (Lipinski definition) is 1. The summed E-state index contributed by atoms with van der Waals surface area (Å²) in [6.45, 7) is 7.79. The highest BCUT2D eigenvalue weighted by Gasteiger charge is 2.23. The van der Waals surface area contributed by atoms with Crippen molar-refractivity contribution in [1.82, 2.24) is 4.90 Å². The third kappa shape index (κ3) is 3.97. The molecule has 0 atom stereocenters. The molecule has 1 aliphatic carbocycles. The average Bonchev–Trinajstić information content (AvgIpc) is 2.00. The predicted octanol–water partition coefficient (Wildman–Crippen LogP) is 2.24. The van der Waals surface area contributed by atoms with Crippen molar-refractivity contribution in [1.29, 1.82) is 0 Å². The Morgan fingerprint density at radius 3 is 2.43 bits per heavy atom. The van der Waals surface area contributed by atoms with Gasteiger partial charge in [0.05, 0.1) is 0 Å². The largest absolute Gasteiger partial charge is 0.329 e. The minimum atomic E-state index is 0.818. The first kappa shape index (κ1) is 12.0. The highest BCUT2D eigenvalue weighted by Crippen LogP contribution is 2.24.